The van der Waals surface area contributed by atoms with Gasteiger partial charge >= 0.3 is 5.00 Å². The lowest BCUT2D eigenvalue weighted by atomic mass is 10.1. The Hall–Kier alpha value is -3.44. The molecule has 2 aromatic heterocycles. The summed E-state index contributed by atoms with van der Waals surface area (Å²) in [6.45, 7) is 2.36. The molecule has 0 bridgehead atoms. The Kier molecular flexibility index (Phi) is 5.63. The molecule has 30 heavy (non-hydrogen) atoms. The summed E-state index contributed by atoms with van der Waals surface area (Å²) >= 11 is 2.12. The summed E-state index contributed by atoms with van der Waals surface area (Å²) in [5, 5.41) is 30.4. The number of nitrogens with zero attached hydrogens (tertiary/aromatic N) is 5. The minimum absolute atomic E-state index is 0.0319. The molecule has 11 heteroatoms. The minimum Gasteiger partial charge on any atom is -0.507 e. The first-order valence-electron chi connectivity index (χ1n) is 8.82. The fourth-order valence-corrected chi connectivity index (χ4v) is 4.47. The predicted octanol–water partition coefficient (Wildman–Crippen LogP) is 4.55. The van der Waals surface area contributed by atoms with E-state index in [2.05, 4.69) is 15.2 Å². The van der Waals surface area contributed by atoms with Crippen molar-refractivity contribution in [3.8, 4) is 28.6 Å². The van der Waals surface area contributed by atoms with Gasteiger partial charge in [-0.15, -0.1) is 10.2 Å². The first-order chi connectivity index (χ1) is 14.6. The van der Waals surface area contributed by atoms with Crippen LogP contribution in [0.15, 0.2) is 64.2 Å². The summed E-state index contributed by atoms with van der Waals surface area (Å²) in [4.78, 5) is 14.6. The lowest BCUT2D eigenvalue weighted by Gasteiger charge is -2.12. The Morgan fingerprint density at radius 3 is 2.73 bits per heavy atom. The van der Waals surface area contributed by atoms with Crippen LogP contribution in [0.4, 0.5) is 5.00 Å². The molecule has 2 heterocycles. The number of benzene rings is 2. The number of para-hydroxylation sites is 1. The van der Waals surface area contributed by atoms with Gasteiger partial charge in [-0.3, -0.25) is 14.7 Å². The number of thiazole rings is 1. The highest BCUT2D eigenvalue weighted by molar-refractivity contribution is 8.01. The molecule has 0 saturated carbocycles. The molecule has 1 N–H and O–H groups in total. The van der Waals surface area contributed by atoms with Crippen LogP contribution >= 0.6 is 23.1 Å². The first-order valence-corrected chi connectivity index (χ1v) is 10.4. The van der Waals surface area contributed by atoms with Crippen molar-refractivity contribution in [3.63, 3.8) is 0 Å². The van der Waals surface area contributed by atoms with Gasteiger partial charge in [-0.25, -0.2) is 4.98 Å². The SMILES string of the molecule is CCOc1ccc(O)c(-c2nnc(Sc3ncc([N+](=O)[O-])s3)n2-c2ccccc2)c1. The average molecular weight is 441 g/mol. The fourth-order valence-electron chi connectivity index (χ4n) is 2.73. The Balaban J connectivity index is 1.82. The summed E-state index contributed by atoms with van der Waals surface area (Å²) < 4.78 is 7.78. The van der Waals surface area contributed by atoms with Gasteiger partial charge in [0.05, 0.1) is 17.1 Å². The fraction of sp³-hybridized carbons (Fsp3) is 0.105. The molecule has 0 radical (unpaired) electrons. The molecular formula is C19H15N5O4S2. The van der Waals surface area contributed by atoms with Gasteiger partial charge in [0.25, 0.3) is 0 Å². The maximum Gasteiger partial charge on any atom is 0.344 e. The minimum atomic E-state index is -0.480. The smallest absolute Gasteiger partial charge is 0.344 e. The van der Waals surface area contributed by atoms with Gasteiger partial charge in [0.1, 0.15) is 17.7 Å². The molecular weight excluding hydrogens is 426 g/mol. The standard InChI is InChI=1S/C19H15N5O4S2/c1-2-28-13-8-9-15(25)14(10-13)17-21-22-18(23(17)12-6-4-3-5-7-12)30-19-20-11-16(29-19)24(26)27/h3-11,25H,2H2,1H3. The summed E-state index contributed by atoms with van der Waals surface area (Å²) in [5.74, 6) is 1.04. The van der Waals surface area contributed by atoms with Gasteiger partial charge in [-0.2, -0.15) is 0 Å². The van der Waals surface area contributed by atoms with Crippen molar-refractivity contribution in [1.82, 2.24) is 19.7 Å². The van der Waals surface area contributed by atoms with E-state index in [1.165, 1.54) is 6.20 Å². The van der Waals surface area contributed by atoms with Crippen molar-refractivity contribution in [3.05, 3.63) is 64.8 Å². The zero-order valence-electron chi connectivity index (χ0n) is 15.6. The van der Waals surface area contributed by atoms with Gasteiger partial charge in [-0.1, -0.05) is 18.2 Å². The molecule has 0 saturated heterocycles. The Bertz CT molecular complexity index is 1190. The van der Waals surface area contributed by atoms with Crippen LogP contribution in [0.2, 0.25) is 0 Å². The molecule has 9 nitrogen and oxygen atoms in total. The number of hydrogen-bond acceptors (Lipinski definition) is 9. The lowest BCUT2D eigenvalue weighted by molar-refractivity contribution is -0.380. The second-order valence-corrected chi connectivity index (χ2v) is 8.14. The normalized spacial score (nSPS) is 10.8. The van der Waals surface area contributed by atoms with E-state index in [1.807, 2.05) is 37.3 Å². The Morgan fingerprint density at radius 2 is 2.03 bits per heavy atom. The summed E-state index contributed by atoms with van der Waals surface area (Å²) in [6.07, 6.45) is 1.22. The van der Waals surface area contributed by atoms with Gasteiger partial charge in [0.2, 0.25) is 5.16 Å². The quantitative estimate of drug-likeness (QED) is 0.328. The van der Waals surface area contributed by atoms with Crippen LogP contribution in [0.25, 0.3) is 17.1 Å². The summed E-state index contributed by atoms with van der Waals surface area (Å²) in [7, 11) is 0. The van der Waals surface area contributed by atoms with Crippen LogP contribution in [0, 0.1) is 10.1 Å². The number of aromatic nitrogens is 4. The number of phenolic OH excluding ortho intramolecular Hbond substituents is 1. The zero-order chi connectivity index (χ0) is 21.1. The predicted molar refractivity (Wildman–Crippen MR) is 113 cm³/mol. The van der Waals surface area contributed by atoms with Crippen molar-refractivity contribution in [1.29, 1.82) is 0 Å². The van der Waals surface area contributed by atoms with E-state index in [1.54, 1.807) is 22.8 Å². The molecule has 0 aliphatic heterocycles. The van der Waals surface area contributed by atoms with E-state index in [9.17, 15) is 15.2 Å². The topological polar surface area (TPSA) is 116 Å². The molecule has 0 spiro atoms. The van der Waals surface area contributed by atoms with E-state index in [-0.39, 0.29) is 10.8 Å². The van der Waals surface area contributed by atoms with E-state index >= 15 is 0 Å². The number of hydrogen-bond donors (Lipinski definition) is 1. The van der Waals surface area contributed by atoms with Crippen LogP contribution in [0.1, 0.15) is 6.92 Å². The number of nitro groups is 1. The Morgan fingerprint density at radius 1 is 1.23 bits per heavy atom. The van der Waals surface area contributed by atoms with Crippen molar-refractivity contribution in [2.45, 2.75) is 16.4 Å². The van der Waals surface area contributed by atoms with E-state index < -0.39 is 4.92 Å². The molecule has 2 aromatic carbocycles. The molecule has 0 aliphatic rings. The number of phenols is 1. The van der Waals surface area contributed by atoms with Crippen LogP contribution in [-0.2, 0) is 0 Å². The van der Waals surface area contributed by atoms with Crippen molar-refractivity contribution in [2.75, 3.05) is 6.61 Å². The lowest BCUT2D eigenvalue weighted by Crippen LogP contribution is -2.00. The zero-order valence-corrected chi connectivity index (χ0v) is 17.3. The van der Waals surface area contributed by atoms with Crippen LogP contribution in [0.5, 0.6) is 11.5 Å². The molecule has 0 amide bonds. The Labute approximate surface area is 179 Å². The van der Waals surface area contributed by atoms with E-state index in [0.717, 1.165) is 28.8 Å². The number of ether oxygens (including phenoxy) is 1. The third kappa shape index (κ3) is 3.98. The largest absolute Gasteiger partial charge is 0.507 e. The molecule has 4 rings (SSSR count). The van der Waals surface area contributed by atoms with E-state index in [0.29, 0.717) is 33.2 Å². The third-order valence-corrected chi connectivity index (χ3v) is 5.97. The maximum absolute atomic E-state index is 11.0. The van der Waals surface area contributed by atoms with E-state index in [4.69, 9.17) is 4.74 Å². The molecule has 0 aliphatic carbocycles. The first kappa shape index (κ1) is 19.9. The van der Waals surface area contributed by atoms with Crippen LogP contribution < -0.4 is 4.74 Å². The second-order valence-electron chi connectivity index (χ2n) is 5.91. The van der Waals surface area contributed by atoms with Gasteiger partial charge in [-0.05, 0) is 60.4 Å². The number of rotatable bonds is 7. The third-order valence-electron chi connectivity index (χ3n) is 4.00. The summed E-state index contributed by atoms with van der Waals surface area (Å²) in [5.41, 5.74) is 1.22. The monoisotopic (exact) mass is 441 g/mol. The van der Waals surface area contributed by atoms with Crippen LogP contribution in [0.3, 0.4) is 0 Å². The summed E-state index contributed by atoms with van der Waals surface area (Å²) in [6, 6.07) is 14.3. The molecule has 4 aromatic rings. The molecule has 0 unspecified atom stereocenters. The maximum atomic E-state index is 11.0. The molecule has 0 fully saturated rings. The van der Waals surface area contributed by atoms with Gasteiger partial charge < -0.3 is 9.84 Å². The van der Waals surface area contributed by atoms with Crippen molar-refractivity contribution >= 4 is 28.1 Å². The van der Waals surface area contributed by atoms with Gasteiger partial charge in [0, 0.05) is 5.69 Å². The highest BCUT2D eigenvalue weighted by Crippen LogP contribution is 2.38. The molecule has 0 atom stereocenters. The molecule has 152 valence electrons. The van der Waals surface area contributed by atoms with Crippen LogP contribution in [-0.4, -0.2) is 36.4 Å². The van der Waals surface area contributed by atoms with Gasteiger partial charge in [0.15, 0.2) is 10.2 Å². The average Bonchev–Trinajstić information content (AvgIpc) is 3.38. The second kappa shape index (κ2) is 8.51. The number of aromatic hydroxyl groups is 1. The van der Waals surface area contributed by atoms with Crippen molar-refractivity contribution < 1.29 is 14.8 Å². The highest BCUT2D eigenvalue weighted by Gasteiger charge is 2.22. The van der Waals surface area contributed by atoms with Crippen molar-refractivity contribution in [2.24, 2.45) is 0 Å². The highest BCUT2D eigenvalue weighted by atomic mass is 32.2.